The standard InChI is InChI=1S/C18H18N2O3S/c1-12-5-3-6-13(2)18(12)19-17(21)11-22-10-14-9-15(23-20-14)16-7-4-8-24-16/h3-9H,10-11H2,1-2H3,(H,19,21). The molecule has 3 aromatic rings. The summed E-state index contributed by atoms with van der Waals surface area (Å²) < 4.78 is 10.7. The summed E-state index contributed by atoms with van der Waals surface area (Å²) in [5.41, 5.74) is 3.56. The molecule has 0 saturated heterocycles. The molecule has 6 heteroatoms. The van der Waals surface area contributed by atoms with Gasteiger partial charge in [0.15, 0.2) is 5.76 Å². The van der Waals surface area contributed by atoms with Gasteiger partial charge in [0.2, 0.25) is 5.91 Å². The summed E-state index contributed by atoms with van der Waals surface area (Å²) in [7, 11) is 0. The number of benzene rings is 1. The van der Waals surface area contributed by atoms with E-state index in [1.807, 2.05) is 55.6 Å². The third-order valence-corrected chi connectivity index (χ3v) is 4.44. The molecule has 0 unspecified atom stereocenters. The van der Waals surface area contributed by atoms with E-state index in [0.717, 1.165) is 21.7 Å². The van der Waals surface area contributed by atoms with Gasteiger partial charge in [0.1, 0.15) is 12.3 Å². The van der Waals surface area contributed by atoms with Crippen LogP contribution in [0.2, 0.25) is 0 Å². The van der Waals surface area contributed by atoms with Crippen molar-refractivity contribution >= 4 is 22.9 Å². The van der Waals surface area contributed by atoms with Crippen molar-refractivity contribution in [3.05, 3.63) is 58.6 Å². The molecule has 1 aromatic carbocycles. The van der Waals surface area contributed by atoms with Gasteiger partial charge in [-0.2, -0.15) is 0 Å². The van der Waals surface area contributed by atoms with E-state index in [1.165, 1.54) is 0 Å². The second kappa shape index (κ2) is 7.42. The number of aromatic nitrogens is 1. The molecule has 5 nitrogen and oxygen atoms in total. The van der Waals surface area contributed by atoms with Crippen molar-refractivity contribution in [1.29, 1.82) is 0 Å². The van der Waals surface area contributed by atoms with Crippen LogP contribution in [0.3, 0.4) is 0 Å². The molecule has 0 bridgehead atoms. The van der Waals surface area contributed by atoms with Gasteiger partial charge in [-0.15, -0.1) is 11.3 Å². The third kappa shape index (κ3) is 3.90. The Balaban J connectivity index is 1.50. The number of carbonyl (C=O) groups excluding carboxylic acids is 1. The Hall–Kier alpha value is -2.44. The number of thiophene rings is 1. The lowest BCUT2D eigenvalue weighted by Crippen LogP contribution is -2.19. The highest BCUT2D eigenvalue weighted by Crippen LogP contribution is 2.25. The Bertz CT molecular complexity index is 804. The van der Waals surface area contributed by atoms with Crippen LogP contribution in [0.1, 0.15) is 16.8 Å². The summed E-state index contributed by atoms with van der Waals surface area (Å²) in [5.74, 6) is 0.526. The molecule has 0 fully saturated rings. The second-order valence-electron chi connectivity index (χ2n) is 5.47. The lowest BCUT2D eigenvalue weighted by Gasteiger charge is -2.11. The number of hydrogen-bond donors (Lipinski definition) is 1. The molecule has 3 rings (SSSR count). The Morgan fingerprint density at radius 3 is 2.75 bits per heavy atom. The fraction of sp³-hybridized carbons (Fsp3) is 0.222. The van der Waals surface area contributed by atoms with Crippen LogP contribution in [-0.2, 0) is 16.1 Å². The first-order valence-corrected chi connectivity index (χ1v) is 8.45. The summed E-state index contributed by atoms with van der Waals surface area (Å²) in [6, 6.07) is 11.6. The highest BCUT2D eigenvalue weighted by atomic mass is 32.1. The zero-order chi connectivity index (χ0) is 16.9. The summed E-state index contributed by atoms with van der Waals surface area (Å²) in [5, 5.41) is 8.82. The number of hydrogen-bond acceptors (Lipinski definition) is 5. The maximum Gasteiger partial charge on any atom is 0.250 e. The molecule has 1 amide bonds. The molecule has 0 radical (unpaired) electrons. The van der Waals surface area contributed by atoms with Crippen LogP contribution in [-0.4, -0.2) is 17.7 Å². The van der Waals surface area contributed by atoms with Crippen molar-refractivity contribution in [3.63, 3.8) is 0 Å². The first-order valence-electron chi connectivity index (χ1n) is 7.57. The molecule has 0 spiro atoms. The Morgan fingerprint density at radius 1 is 1.25 bits per heavy atom. The van der Waals surface area contributed by atoms with Gasteiger partial charge >= 0.3 is 0 Å². The van der Waals surface area contributed by atoms with E-state index < -0.39 is 0 Å². The van der Waals surface area contributed by atoms with E-state index in [4.69, 9.17) is 9.26 Å². The van der Waals surface area contributed by atoms with Crippen LogP contribution < -0.4 is 5.32 Å². The van der Waals surface area contributed by atoms with E-state index in [-0.39, 0.29) is 19.1 Å². The predicted octanol–water partition coefficient (Wildman–Crippen LogP) is 4.18. The molecule has 1 N–H and O–H groups in total. The maximum absolute atomic E-state index is 12.0. The van der Waals surface area contributed by atoms with Crippen molar-refractivity contribution in [2.75, 3.05) is 11.9 Å². The highest BCUT2D eigenvalue weighted by Gasteiger charge is 2.10. The monoisotopic (exact) mass is 342 g/mol. The molecule has 2 heterocycles. The van der Waals surface area contributed by atoms with E-state index in [1.54, 1.807) is 11.3 Å². The van der Waals surface area contributed by atoms with Crippen LogP contribution in [0.25, 0.3) is 10.6 Å². The van der Waals surface area contributed by atoms with Crippen molar-refractivity contribution in [1.82, 2.24) is 5.16 Å². The fourth-order valence-electron chi connectivity index (χ4n) is 2.35. The summed E-state index contributed by atoms with van der Waals surface area (Å²) in [4.78, 5) is 13.0. The number of rotatable bonds is 6. The average Bonchev–Trinajstić information content (AvgIpc) is 3.22. The largest absolute Gasteiger partial charge is 0.365 e. The van der Waals surface area contributed by atoms with Gasteiger partial charge in [-0.25, -0.2) is 0 Å². The number of para-hydroxylation sites is 1. The highest BCUT2D eigenvalue weighted by molar-refractivity contribution is 7.13. The van der Waals surface area contributed by atoms with Crippen molar-refractivity contribution in [2.24, 2.45) is 0 Å². The first-order chi connectivity index (χ1) is 11.6. The van der Waals surface area contributed by atoms with Crippen LogP contribution in [0.4, 0.5) is 5.69 Å². The van der Waals surface area contributed by atoms with E-state index in [0.29, 0.717) is 11.5 Å². The molecule has 2 aromatic heterocycles. The number of ether oxygens (including phenoxy) is 1. The maximum atomic E-state index is 12.0. The number of amides is 1. The van der Waals surface area contributed by atoms with Crippen LogP contribution in [0, 0.1) is 13.8 Å². The quantitative estimate of drug-likeness (QED) is 0.730. The smallest absolute Gasteiger partial charge is 0.250 e. The number of nitrogens with zero attached hydrogens (tertiary/aromatic N) is 1. The normalized spacial score (nSPS) is 10.8. The number of carbonyl (C=O) groups is 1. The van der Waals surface area contributed by atoms with Crippen molar-refractivity contribution < 1.29 is 14.1 Å². The predicted molar refractivity (Wildman–Crippen MR) is 94.0 cm³/mol. The Kier molecular flexibility index (Phi) is 5.08. The fourth-order valence-corrected chi connectivity index (χ4v) is 3.02. The molecule has 0 aliphatic heterocycles. The van der Waals surface area contributed by atoms with Gasteiger partial charge in [0, 0.05) is 11.8 Å². The molecule has 124 valence electrons. The summed E-state index contributed by atoms with van der Waals surface area (Å²) in [6.45, 7) is 4.12. The lowest BCUT2D eigenvalue weighted by molar-refractivity contribution is -0.121. The number of anilines is 1. The minimum absolute atomic E-state index is 0.0328. The zero-order valence-corrected chi connectivity index (χ0v) is 14.4. The van der Waals surface area contributed by atoms with E-state index in [9.17, 15) is 4.79 Å². The zero-order valence-electron chi connectivity index (χ0n) is 13.5. The summed E-state index contributed by atoms with van der Waals surface area (Å²) in [6.07, 6.45) is 0. The molecule has 0 aliphatic carbocycles. The van der Waals surface area contributed by atoms with Gasteiger partial charge in [-0.3, -0.25) is 4.79 Å². The minimum atomic E-state index is -0.186. The number of aryl methyl sites for hydroxylation is 2. The Labute approximate surface area is 144 Å². The second-order valence-corrected chi connectivity index (χ2v) is 6.42. The molecule has 24 heavy (non-hydrogen) atoms. The van der Waals surface area contributed by atoms with Crippen LogP contribution >= 0.6 is 11.3 Å². The van der Waals surface area contributed by atoms with Crippen molar-refractivity contribution in [3.8, 4) is 10.6 Å². The van der Waals surface area contributed by atoms with Gasteiger partial charge < -0.3 is 14.6 Å². The van der Waals surface area contributed by atoms with Gasteiger partial charge in [-0.05, 0) is 36.4 Å². The molecular weight excluding hydrogens is 324 g/mol. The SMILES string of the molecule is Cc1cccc(C)c1NC(=O)COCc1cc(-c2cccs2)on1. The molecule has 0 saturated carbocycles. The molecular formula is C18H18N2O3S. The lowest BCUT2D eigenvalue weighted by atomic mass is 10.1. The van der Waals surface area contributed by atoms with E-state index >= 15 is 0 Å². The average molecular weight is 342 g/mol. The first kappa shape index (κ1) is 16.4. The van der Waals surface area contributed by atoms with Crippen molar-refractivity contribution in [2.45, 2.75) is 20.5 Å². The van der Waals surface area contributed by atoms with Gasteiger partial charge in [0.05, 0.1) is 11.5 Å². The van der Waals surface area contributed by atoms with E-state index in [2.05, 4.69) is 10.5 Å². The molecule has 0 atom stereocenters. The summed E-state index contributed by atoms with van der Waals surface area (Å²) >= 11 is 1.58. The van der Waals surface area contributed by atoms with Crippen LogP contribution in [0.5, 0.6) is 0 Å². The molecule has 0 aliphatic rings. The minimum Gasteiger partial charge on any atom is -0.365 e. The van der Waals surface area contributed by atoms with Crippen LogP contribution in [0.15, 0.2) is 46.3 Å². The topological polar surface area (TPSA) is 64.4 Å². The Morgan fingerprint density at radius 2 is 2.04 bits per heavy atom. The van der Waals surface area contributed by atoms with Gasteiger partial charge in [0.25, 0.3) is 0 Å². The number of nitrogens with one attached hydrogen (secondary N) is 1. The van der Waals surface area contributed by atoms with Gasteiger partial charge in [-0.1, -0.05) is 29.4 Å². The third-order valence-electron chi connectivity index (χ3n) is 3.55.